The van der Waals surface area contributed by atoms with Gasteiger partial charge in [0.05, 0.1) is 10.8 Å². The molecule has 0 radical (unpaired) electrons. The van der Waals surface area contributed by atoms with Gasteiger partial charge in [-0.15, -0.1) is 11.3 Å². The SMILES string of the molecule is Cc1ccc(-c2csc3ncnc(NCC4(C(N)=O)CCCC4)c23)cc1. The van der Waals surface area contributed by atoms with Gasteiger partial charge >= 0.3 is 0 Å². The number of amides is 1. The van der Waals surface area contributed by atoms with Crippen LogP contribution >= 0.6 is 11.3 Å². The molecule has 134 valence electrons. The van der Waals surface area contributed by atoms with E-state index >= 15 is 0 Å². The number of rotatable bonds is 5. The summed E-state index contributed by atoms with van der Waals surface area (Å²) in [6.07, 6.45) is 5.37. The molecule has 1 amide bonds. The molecular formula is C20H22N4OS. The lowest BCUT2D eigenvalue weighted by Gasteiger charge is -2.25. The van der Waals surface area contributed by atoms with Gasteiger partial charge in [-0.25, -0.2) is 9.97 Å². The zero-order chi connectivity index (χ0) is 18.1. The Morgan fingerprint density at radius 1 is 1.23 bits per heavy atom. The molecule has 0 bridgehead atoms. The fourth-order valence-corrected chi connectivity index (χ4v) is 4.69. The number of nitrogens with one attached hydrogen (secondary N) is 1. The van der Waals surface area contributed by atoms with E-state index in [1.807, 2.05) is 0 Å². The van der Waals surface area contributed by atoms with Crippen LogP contribution in [0.2, 0.25) is 0 Å². The van der Waals surface area contributed by atoms with E-state index in [0.29, 0.717) is 6.54 Å². The van der Waals surface area contributed by atoms with Gasteiger partial charge in [0.2, 0.25) is 5.91 Å². The van der Waals surface area contributed by atoms with Gasteiger partial charge in [0.25, 0.3) is 0 Å². The van der Waals surface area contributed by atoms with E-state index in [4.69, 9.17) is 5.73 Å². The average molecular weight is 366 g/mol. The third-order valence-electron chi connectivity index (χ3n) is 5.41. The maximum Gasteiger partial charge on any atom is 0.225 e. The molecule has 2 aromatic heterocycles. The predicted octanol–water partition coefficient (Wildman–Crippen LogP) is 4.12. The summed E-state index contributed by atoms with van der Waals surface area (Å²) >= 11 is 1.61. The smallest absolute Gasteiger partial charge is 0.225 e. The normalized spacial score (nSPS) is 16.0. The first-order valence-corrected chi connectivity index (χ1v) is 9.80. The van der Waals surface area contributed by atoms with Crippen molar-refractivity contribution in [2.24, 2.45) is 11.1 Å². The molecule has 1 saturated carbocycles. The first-order valence-electron chi connectivity index (χ1n) is 8.92. The van der Waals surface area contributed by atoms with Crippen LogP contribution < -0.4 is 11.1 Å². The molecule has 0 spiro atoms. The highest BCUT2D eigenvalue weighted by Gasteiger charge is 2.39. The molecule has 0 saturated heterocycles. The molecule has 0 atom stereocenters. The molecule has 1 aliphatic carbocycles. The number of carbonyl (C=O) groups excluding carboxylic acids is 1. The highest BCUT2D eigenvalue weighted by Crippen LogP contribution is 2.40. The summed E-state index contributed by atoms with van der Waals surface area (Å²) in [5, 5.41) is 6.55. The van der Waals surface area contributed by atoms with E-state index < -0.39 is 5.41 Å². The van der Waals surface area contributed by atoms with Crippen LogP contribution in [0.1, 0.15) is 31.2 Å². The van der Waals surface area contributed by atoms with E-state index in [2.05, 4.69) is 51.9 Å². The Balaban J connectivity index is 1.70. The predicted molar refractivity (Wildman–Crippen MR) is 106 cm³/mol. The summed E-state index contributed by atoms with van der Waals surface area (Å²) in [5.41, 5.74) is 8.75. The number of hydrogen-bond donors (Lipinski definition) is 2. The third-order valence-corrected chi connectivity index (χ3v) is 6.30. The molecule has 0 unspecified atom stereocenters. The standard InChI is InChI=1S/C20H22N4OS/c1-13-4-6-14(7-5-13)15-10-26-18-16(15)17(23-12-24-18)22-11-20(19(21)25)8-2-3-9-20/h4-7,10,12H,2-3,8-9,11H2,1H3,(H2,21,25)(H,22,23,24). The lowest BCUT2D eigenvalue weighted by atomic mass is 9.85. The summed E-state index contributed by atoms with van der Waals surface area (Å²) in [4.78, 5) is 21.9. The molecule has 6 heteroatoms. The Hall–Kier alpha value is -2.47. The molecule has 0 aliphatic heterocycles. The number of carbonyl (C=O) groups is 1. The van der Waals surface area contributed by atoms with Gasteiger partial charge in [-0.2, -0.15) is 0 Å². The summed E-state index contributed by atoms with van der Waals surface area (Å²) < 4.78 is 0. The zero-order valence-corrected chi connectivity index (χ0v) is 15.6. The number of benzene rings is 1. The Kier molecular flexibility index (Phi) is 4.36. The van der Waals surface area contributed by atoms with Crippen LogP contribution in [-0.2, 0) is 4.79 Å². The molecule has 26 heavy (non-hydrogen) atoms. The van der Waals surface area contributed by atoms with E-state index in [1.54, 1.807) is 17.7 Å². The Labute approximate surface area is 156 Å². The van der Waals surface area contributed by atoms with E-state index in [-0.39, 0.29) is 5.91 Å². The molecule has 4 rings (SSSR count). The minimum atomic E-state index is -0.461. The lowest BCUT2D eigenvalue weighted by molar-refractivity contribution is -0.126. The fourth-order valence-electron chi connectivity index (χ4n) is 3.77. The first-order chi connectivity index (χ1) is 12.6. The summed E-state index contributed by atoms with van der Waals surface area (Å²) in [7, 11) is 0. The molecule has 3 N–H and O–H groups in total. The molecule has 1 aromatic carbocycles. The van der Waals surface area contributed by atoms with E-state index in [9.17, 15) is 4.79 Å². The summed E-state index contributed by atoms with van der Waals surface area (Å²) in [6, 6.07) is 8.46. The van der Waals surface area contributed by atoms with Crippen LogP contribution in [0.25, 0.3) is 21.3 Å². The first kappa shape index (κ1) is 17.0. The second kappa shape index (κ2) is 6.68. The third kappa shape index (κ3) is 2.94. The number of hydrogen-bond acceptors (Lipinski definition) is 5. The quantitative estimate of drug-likeness (QED) is 0.711. The number of primary amides is 1. The number of fused-ring (bicyclic) bond motifs is 1. The molecule has 3 aromatic rings. The van der Waals surface area contributed by atoms with Gasteiger partial charge in [0.1, 0.15) is 17.0 Å². The van der Waals surface area contributed by atoms with Crippen LogP contribution in [0, 0.1) is 12.3 Å². The van der Waals surface area contributed by atoms with Crippen LogP contribution in [-0.4, -0.2) is 22.4 Å². The molecule has 1 fully saturated rings. The summed E-state index contributed by atoms with van der Waals surface area (Å²) in [6.45, 7) is 2.61. The number of anilines is 1. The van der Waals surface area contributed by atoms with Crippen molar-refractivity contribution in [3.05, 3.63) is 41.5 Å². The molecular weight excluding hydrogens is 344 g/mol. The maximum atomic E-state index is 12.0. The Morgan fingerprint density at radius 3 is 2.65 bits per heavy atom. The number of nitrogens with zero attached hydrogens (tertiary/aromatic N) is 2. The summed E-state index contributed by atoms with van der Waals surface area (Å²) in [5.74, 6) is 0.566. The highest BCUT2D eigenvalue weighted by atomic mass is 32.1. The van der Waals surface area contributed by atoms with Crippen molar-refractivity contribution in [1.82, 2.24) is 9.97 Å². The number of aryl methyl sites for hydroxylation is 1. The maximum absolute atomic E-state index is 12.0. The van der Waals surface area contributed by atoms with Crippen molar-refractivity contribution in [3.8, 4) is 11.1 Å². The second-order valence-corrected chi connectivity index (χ2v) is 7.98. The van der Waals surface area contributed by atoms with Gasteiger partial charge in [-0.3, -0.25) is 4.79 Å². The van der Waals surface area contributed by atoms with Crippen molar-refractivity contribution >= 4 is 33.3 Å². The monoisotopic (exact) mass is 366 g/mol. The van der Waals surface area contributed by atoms with Gasteiger partial charge in [-0.1, -0.05) is 42.7 Å². The Bertz CT molecular complexity index is 942. The zero-order valence-electron chi connectivity index (χ0n) is 14.8. The van der Waals surface area contributed by atoms with Crippen molar-refractivity contribution < 1.29 is 4.79 Å². The minimum Gasteiger partial charge on any atom is -0.369 e. The number of thiophene rings is 1. The second-order valence-electron chi connectivity index (χ2n) is 7.12. The Morgan fingerprint density at radius 2 is 1.96 bits per heavy atom. The lowest BCUT2D eigenvalue weighted by Crippen LogP contribution is -2.40. The van der Waals surface area contributed by atoms with E-state index in [0.717, 1.165) is 52.8 Å². The van der Waals surface area contributed by atoms with Crippen LogP contribution in [0.5, 0.6) is 0 Å². The van der Waals surface area contributed by atoms with Crippen LogP contribution in [0.3, 0.4) is 0 Å². The van der Waals surface area contributed by atoms with Crippen LogP contribution in [0.15, 0.2) is 36.0 Å². The van der Waals surface area contributed by atoms with Crippen LogP contribution in [0.4, 0.5) is 5.82 Å². The highest BCUT2D eigenvalue weighted by molar-refractivity contribution is 7.17. The number of aromatic nitrogens is 2. The van der Waals surface area contributed by atoms with Gasteiger partial charge in [0, 0.05) is 17.5 Å². The van der Waals surface area contributed by atoms with Crippen molar-refractivity contribution in [2.75, 3.05) is 11.9 Å². The molecule has 1 aliphatic rings. The molecule has 5 nitrogen and oxygen atoms in total. The number of nitrogens with two attached hydrogens (primary N) is 1. The van der Waals surface area contributed by atoms with Crippen molar-refractivity contribution in [3.63, 3.8) is 0 Å². The van der Waals surface area contributed by atoms with Gasteiger partial charge in [0.15, 0.2) is 0 Å². The minimum absolute atomic E-state index is 0.211. The fraction of sp³-hybridized carbons (Fsp3) is 0.350. The van der Waals surface area contributed by atoms with Gasteiger partial charge in [-0.05, 0) is 25.3 Å². The average Bonchev–Trinajstić information content (AvgIpc) is 3.29. The molecule has 2 heterocycles. The van der Waals surface area contributed by atoms with Crippen molar-refractivity contribution in [2.45, 2.75) is 32.6 Å². The topological polar surface area (TPSA) is 80.9 Å². The van der Waals surface area contributed by atoms with E-state index in [1.165, 1.54) is 5.56 Å². The van der Waals surface area contributed by atoms with Crippen molar-refractivity contribution in [1.29, 1.82) is 0 Å². The largest absolute Gasteiger partial charge is 0.369 e. The van der Waals surface area contributed by atoms with Gasteiger partial charge < -0.3 is 11.1 Å².